The molecule has 0 spiro atoms. The summed E-state index contributed by atoms with van der Waals surface area (Å²) >= 11 is 5.86. The highest BCUT2D eigenvalue weighted by molar-refractivity contribution is 6.31. The zero-order valence-corrected chi connectivity index (χ0v) is 16.9. The second kappa shape index (κ2) is 8.67. The van der Waals surface area contributed by atoms with Gasteiger partial charge < -0.3 is 9.80 Å². The van der Waals surface area contributed by atoms with E-state index in [0.29, 0.717) is 31.9 Å². The van der Waals surface area contributed by atoms with Crippen molar-refractivity contribution < 1.29 is 9.18 Å². The maximum Gasteiger partial charge on any atom is 0.254 e. The molecule has 1 saturated heterocycles. The van der Waals surface area contributed by atoms with Crippen molar-refractivity contribution in [3.05, 3.63) is 82.1 Å². The molecule has 1 aliphatic heterocycles. The van der Waals surface area contributed by atoms with Crippen molar-refractivity contribution in [2.45, 2.75) is 6.54 Å². The first-order valence-corrected chi connectivity index (χ1v) is 9.99. The normalized spacial score (nSPS) is 14.1. The van der Waals surface area contributed by atoms with E-state index in [4.69, 9.17) is 11.6 Å². The van der Waals surface area contributed by atoms with Crippen molar-refractivity contribution in [1.82, 2.24) is 14.5 Å². The highest BCUT2D eigenvalue weighted by atomic mass is 35.5. The van der Waals surface area contributed by atoms with Crippen LogP contribution in [0.4, 0.5) is 10.1 Å². The lowest BCUT2D eigenvalue weighted by Crippen LogP contribution is -2.50. The standard InChI is InChI=1S/C22H20ClFN4O2/c23-18-12-17(6-7-19(18)24)26-8-10-27(11-9-26)22(30)14-28-15-25-20(13-21(28)29)16-4-2-1-3-5-16/h1-7,12-13,15H,8-11,14H2. The van der Waals surface area contributed by atoms with Crippen LogP contribution in [0.5, 0.6) is 0 Å². The highest BCUT2D eigenvalue weighted by Gasteiger charge is 2.22. The topological polar surface area (TPSA) is 58.4 Å². The lowest BCUT2D eigenvalue weighted by molar-refractivity contribution is -0.132. The maximum atomic E-state index is 13.4. The molecule has 1 amide bonds. The maximum absolute atomic E-state index is 13.4. The predicted molar refractivity (Wildman–Crippen MR) is 114 cm³/mol. The molecule has 0 radical (unpaired) electrons. The molecular formula is C22H20ClFN4O2. The van der Waals surface area contributed by atoms with Crippen molar-refractivity contribution in [2.24, 2.45) is 0 Å². The minimum absolute atomic E-state index is 0.0523. The fourth-order valence-corrected chi connectivity index (χ4v) is 3.63. The van der Waals surface area contributed by atoms with E-state index in [1.807, 2.05) is 30.3 Å². The predicted octanol–water partition coefficient (Wildman–Crippen LogP) is 3.05. The molecule has 0 saturated carbocycles. The van der Waals surface area contributed by atoms with Gasteiger partial charge in [-0.15, -0.1) is 0 Å². The van der Waals surface area contributed by atoms with Gasteiger partial charge in [0.2, 0.25) is 5.91 Å². The van der Waals surface area contributed by atoms with E-state index in [1.165, 1.54) is 23.0 Å². The Kier molecular flexibility index (Phi) is 5.81. The number of piperazine rings is 1. The van der Waals surface area contributed by atoms with E-state index in [9.17, 15) is 14.0 Å². The van der Waals surface area contributed by atoms with Crippen LogP contribution in [0.1, 0.15) is 0 Å². The summed E-state index contributed by atoms with van der Waals surface area (Å²) in [7, 11) is 0. The van der Waals surface area contributed by atoms with E-state index >= 15 is 0 Å². The minimum atomic E-state index is -0.452. The number of amides is 1. The molecule has 4 rings (SSSR count). The zero-order chi connectivity index (χ0) is 21.1. The van der Waals surface area contributed by atoms with Crippen LogP contribution in [0, 0.1) is 5.82 Å². The Hall–Kier alpha value is -3.19. The summed E-state index contributed by atoms with van der Waals surface area (Å²) in [5.41, 5.74) is 1.99. The van der Waals surface area contributed by atoms with Gasteiger partial charge in [0.15, 0.2) is 0 Å². The molecule has 8 heteroatoms. The molecule has 0 unspecified atom stereocenters. The third-order valence-corrected chi connectivity index (χ3v) is 5.44. The van der Waals surface area contributed by atoms with E-state index in [1.54, 1.807) is 17.0 Å². The Morgan fingerprint density at radius 2 is 1.77 bits per heavy atom. The van der Waals surface area contributed by atoms with Crippen LogP contribution in [0.15, 0.2) is 65.7 Å². The van der Waals surface area contributed by atoms with E-state index in [0.717, 1.165) is 11.3 Å². The number of rotatable bonds is 4. The molecule has 3 aromatic rings. The van der Waals surface area contributed by atoms with Crippen LogP contribution in [-0.4, -0.2) is 46.5 Å². The average molecular weight is 427 g/mol. The van der Waals surface area contributed by atoms with Gasteiger partial charge in [-0.2, -0.15) is 0 Å². The number of hydrogen-bond acceptors (Lipinski definition) is 4. The van der Waals surface area contributed by atoms with Crippen molar-refractivity contribution in [3.63, 3.8) is 0 Å². The zero-order valence-electron chi connectivity index (χ0n) is 16.2. The number of benzene rings is 2. The van der Waals surface area contributed by atoms with Crippen molar-refractivity contribution >= 4 is 23.2 Å². The van der Waals surface area contributed by atoms with E-state index in [2.05, 4.69) is 9.88 Å². The Balaban J connectivity index is 1.38. The van der Waals surface area contributed by atoms with Gasteiger partial charge >= 0.3 is 0 Å². The van der Waals surface area contributed by atoms with Crippen LogP contribution in [0.25, 0.3) is 11.3 Å². The molecule has 0 bridgehead atoms. The highest BCUT2D eigenvalue weighted by Crippen LogP contribution is 2.23. The van der Waals surface area contributed by atoms with Gasteiger partial charge in [-0.25, -0.2) is 9.37 Å². The number of carbonyl (C=O) groups excluding carboxylic acids is 1. The van der Waals surface area contributed by atoms with Crippen LogP contribution in [0.2, 0.25) is 5.02 Å². The third-order valence-electron chi connectivity index (χ3n) is 5.16. The van der Waals surface area contributed by atoms with Crippen LogP contribution >= 0.6 is 11.6 Å². The summed E-state index contributed by atoms with van der Waals surface area (Å²) in [5, 5.41) is 0.0804. The summed E-state index contributed by atoms with van der Waals surface area (Å²) in [4.78, 5) is 33.2. The molecular weight excluding hydrogens is 407 g/mol. The van der Waals surface area contributed by atoms with Crippen molar-refractivity contribution in [3.8, 4) is 11.3 Å². The Morgan fingerprint density at radius 1 is 1.03 bits per heavy atom. The number of aromatic nitrogens is 2. The summed E-state index contributed by atoms with van der Waals surface area (Å²) in [6, 6.07) is 15.5. The third kappa shape index (κ3) is 4.36. The van der Waals surface area contributed by atoms with Crippen molar-refractivity contribution in [2.75, 3.05) is 31.1 Å². The van der Waals surface area contributed by atoms with Gasteiger partial charge in [0, 0.05) is 43.5 Å². The first kappa shape index (κ1) is 20.1. The van der Waals surface area contributed by atoms with Gasteiger partial charge in [0.1, 0.15) is 12.4 Å². The van der Waals surface area contributed by atoms with E-state index < -0.39 is 5.82 Å². The molecule has 0 atom stereocenters. The van der Waals surface area contributed by atoms with Gasteiger partial charge in [-0.05, 0) is 18.2 Å². The summed E-state index contributed by atoms with van der Waals surface area (Å²) in [5.74, 6) is -0.588. The molecule has 0 aliphatic carbocycles. The minimum Gasteiger partial charge on any atom is -0.368 e. The second-order valence-electron chi connectivity index (χ2n) is 7.07. The lowest BCUT2D eigenvalue weighted by atomic mass is 10.1. The monoisotopic (exact) mass is 426 g/mol. The number of anilines is 1. The lowest BCUT2D eigenvalue weighted by Gasteiger charge is -2.36. The molecule has 1 fully saturated rings. The first-order chi connectivity index (χ1) is 14.5. The molecule has 6 nitrogen and oxygen atoms in total. The van der Waals surface area contributed by atoms with Gasteiger partial charge in [-0.1, -0.05) is 41.9 Å². The fraction of sp³-hybridized carbons (Fsp3) is 0.227. The fourth-order valence-electron chi connectivity index (χ4n) is 3.45. The van der Waals surface area contributed by atoms with Gasteiger partial charge in [-0.3, -0.25) is 14.2 Å². The van der Waals surface area contributed by atoms with Crippen molar-refractivity contribution in [1.29, 1.82) is 0 Å². The van der Waals surface area contributed by atoms with E-state index in [-0.39, 0.29) is 23.0 Å². The second-order valence-corrected chi connectivity index (χ2v) is 7.48. The first-order valence-electron chi connectivity index (χ1n) is 9.61. The van der Waals surface area contributed by atoms with Crippen LogP contribution in [0.3, 0.4) is 0 Å². The number of hydrogen-bond donors (Lipinski definition) is 0. The number of carbonyl (C=O) groups is 1. The largest absolute Gasteiger partial charge is 0.368 e. The Morgan fingerprint density at radius 3 is 2.43 bits per heavy atom. The quantitative estimate of drug-likeness (QED) is 0.643. The number of nitrogens with zero attached hydrogens (tertiary/aromatic N) is 4. The molecule has 154 valence electrons. The molecule has 1 aromatic heterocycles. The Labute approximate surface area is 178 Å². The van der Waals surface area contributed by atoms with Crippen LogP contribution < -0.4 is 10.5 Å². The number of halogens is 2. The molecule has 0 N–H and O–H groups in total. The summed E-state index contributed by atoms with van der Waals surface area (Å²) in [6.45, 7) is 2.18. The average Bonchev–Trinajstić information content (AvgIpc) is 2.77. The molecule has 30 heavy (non-hydrogen) atoms. The Bertz CT molecular complexity index is 1110. The smallest absolute Gasteiger partial charge is 0.254 e. The van der Waals surface area contributed by atoms with Gasteiger partial charge in [0.25, 0.3) is 5.56 Å². The van der Waals surface area contributed by atoms with Gasteiger partial charge in [0.05, 0.1) is 17.0 Å². The summed E-state index contributed by atoms with van der Waals surface area (Å²) < 4.78 is 14.7. The molecule has 2 aromatic carbocycles. The van der Waals surface area contributed by atoms with Crippen LogP contribution in [-0.2, 0) is 11.3 Å². The molecule has 1 aliphatic rings. The molecule has 2 heterocycles. The summed E-state index contributed by atoms with van der Waals surface area (Å²) in [6.07, 6.45) is 1.42. The SMILES string of the molecule is O=C(Cn1cnc(-c2ccccc2)cc1=O)N1CCN(c2ccc(F)c(Cl)c2)CC1.